The maximum absolute atomic E-state index is 13.4. The van der Waals surface area contributed by atoms with E-state index < -0.39 is 10.0 Å². The molecule has 0 amide bonds. The van der Waals surface area contributed by atoms with E-state index in [1.165, 1.54) is 4.88 Å². The molecule has 26 heavy (non-hydrogen) atoms. The molecule has 140 valence electrons. The molecule has 6 nitrogen and oxygen atoms in total. The lowest BCUT2D eigenvalue weighted by Crippen LogP contribution is -2.52. The Bertz CT molecular complexity index is 882. The minimum absolute atomic E-state index is 0.0841. The van der Waals surface area contributed by atoms with Gasteiger partial charge in [0.15, 0.2) is 0 Å². The lowest BCUT2D eigenvalue weighted by molar-refractivity contribution is 0.250. The average Bonchev–Trinajstić information content (AvgIpc) is 3.23. The zero-order valence-electron chi connectivity index (χ0n) is 15.2. The average molecular weight is 393 g/mol. The summed E-state index contributed by atoms with van der Waals surface area (Å²) >= 11 is 1.74. The molecule has 2 aromatic heterocycles. The summed E-state index contributed by atoms with van der Waals surface area (Å²) in [5.41, 5.74) is 0. The van der Waals surface area contributed by atoms with Gasteiger partial charge in [-0.15, -0.1) is 11.3 Å². The number of fused-ring (bicyclic) bond motifs is 2. The topological polar surface area (TPSA) is 56.8 Å². The molecule has 2 aromatic rings. The summed E-state index contributed by atoms with van der Waals surface area (Å²) in [6.07, 6.45) is 1.67. The molecule has 0 bridgehead atoms. The van der Waals surface area contributed by atoms with Gasteiger partial charge in [-0.3, -0.25) is 4.90 Å². The second-order valence-corrected chi connectivity index (χ2v) is 10.1. The number of aromatic nitrogens is 1. The van der Waals surface area contributed by atoms with Gasteiger partial charge in [-0.25, -0.2) is 13.4 Å². The van der Waals surface area contributed by atoms with Crippen molar-refractivity contribution in [1.29, 1.82) is 0 Å². The summed E-state index contributed by atoms with van der Waals surface area (Å²) in [6.45, 7) is 6.33. The Morgan fingerprint density at radius 3 is 2.69 bits per heavy atom. The fraction of sp³-hybridized carbons (Fsp3) is 0.500. The van der Waals surface area contributed by atoms with Gasteiger partial charge >= 0.3 is 0 Å². The maximum Gasteiger partial charge on any atom is 0.247 e. The quantitative estimate of drug-likeness (QED) is 0.802. The summed E-state index contributed by atoms with van der Waals surface area (Å²) in [4.78, 5) is 10.5. The number of thiophene rings is 1. The van der Waals surface area contributed by atoms with Crippen LogP contribution in [0.5, 0.6) is 0 Å². The first kappa shape index (κ1) is 17.9. The molecular weight excluding hydrogens is 368 g/mol. The number of anilines is 1. The van der Waals surface area contributed by atoms with Crippen LogP contribution in [0.25, 0.3) is 0 Å². The Balaban J connectivity index is 1.75. The number of rotatable bonds is 3. The first-order valence-electron chi connectivity index (χ1n) is 8.85. The van der Waals surface area contributed by atoms with E-state index in [2.05, 4.69) is 32.3 Å². The molecule has 1 saturated heterocycles. The van der Waals surface area contributed by atoms with E-state index in [0.29, 0.717) is 10.7 Å². The van der Waals surface area contributed by atoms with Gasteiger partial charge in [-0.1, -0.05) is 6.07 Å². The number of likely N-dealkylation sites (tertiary alicyclic amines) is 1. The minimum atomic E-state index is -3.59. The number of sulfonamides is 1. The molecule has 0 aromatic carbocycles. The van der Waals surface area contributed by atoms with Crippen LogP contribution in [-0.4, -0.2) is 60.9 Å². The number of nitrogens with zero attached hydrogens (tertiary/aromatic N) is 4. The van der Waals surface area contributed by atoms with E-state index >= 15 is 0 Å². The number of likely N-dealkylation sites (N-methyl/N-ethyl adjacent to an activating group) is 1. The number of hydrogen-bond donors (Lipinski definition) is 0. The van der Waals surface area contributed by atoms with Crippen LogP contribution < -0.4 is 4.90 Å². The fourth-order valence-electron chi connectivity index (χ4n) is 4.19. The van der Waals surface area contributed by atoms with Crippen LogP contribution in [0.15, 0.2) is 40.7 Å². The fourth-order valence-corrected chi connectivity index (χ4v) is 6.96. The van der Waals surface area contributed by atoms with Crippen LogP contribution in [-0.2, 0) is 16.6 Å². The van der Waals surface area contributed by atoms with E-state index in [1.807, 2.05) is 20.9 Å². The summed E-state index contributed by atoms with van der Waals surface area (Å²) in [6, 6.07) is 7.47. The first-order valence-corrected chi connectivity index (χ1v) is 11.2. The first-order chi connectivity index (χ1) is 12.4. The predicted octanol–water partition coefficient (Wildman–Crippen LogP) is 2.25. The summed E-state index contributed by atoms with van der Waals surface area (Å²) in [5, 5.41) is 2.08. The second-order valence-electron chi connectivity index (χ2n) is 7.27. The highest BCUT2D eigenvalue weighted by atomic mass is 32.2. The van der Waals surface area contributed by atoms with Gasteiger partial charge in [0, 0.05) is 43.8 Å². The molecule has 0 spiro atoms. The van der Waals surface area contributed by atoms with Gasteiger partial charge in [0.25, 0.3) is 0 Å². The molecule has 0 radical (unpaired) electrons. The van der Waals surface area contributed by atoms with Crippen molar-refractivity contribution in [3.05, 3.63) is 40.7 Å². The molecule has 8 heteroatoms. The van der Waals surface area contributed by atoms with Crippen LogP contribution >= 0.6 is 11.3 Å². The molecule has 0 N–H and O–H groups in total. The minimum Gasteiger partial charge on any atom is -0.353 e. The second kappa shape index (κ2) is 6.60. The molecule has 4 rings (SSSR count). The van der Waals surface area contributed by atoms with Crippen molar-refractivity contribution in [1.82, 2.24) is 14.2 Å². The molecule has 2 aliphatic rings. The molecule has 0 aliphatic carbocycles. The van der Waals surface area contributed by atoms with E-state index in [9.17, 15) is 8.42 Å². The highest BCUT2D eigenvalue weighted by Gasteiger charge is 2.49. The van der Waals surface area contributed by atoms with Gasteiger partial charge in [0.05, 0.1) is 12.1 Å². The maximum atomic E-state index is 13.4. The SMILES string of the molecule is CC(C)N1[C@@H]2CN(Cc3cccs3)C[C@@H]2N(C)c2ncccc2S1(=O)=O. The Morgan fingerprint density at radius 2 is 2.00 bits per heavy atom. The molecule has 0 saturated carbocycles. The van der Waals surface area contributed by atoms with E-state index in [4.69, 9.17) is 0 Å². The van der Waals surface area contributed by atoms with Gasteiger partial charge in [-0.2, -0.15) is 4.31 Å². The van der Waals surface area contributed by atoms with Gasteiger partial charge in [0.1, 0.15) is 10.7 Å². The third-order valence-corrected chi connectivity index (χ3v) is 8.25. The standard InChI is InChI=1S/C18H24N4O2S2/c1-13(2)22-16-12-21(10-14-6-5-9-25-14)11-15(16)20(3)18-17(26(22,23)24)7-4-8-19-18/h4-9,13,15-16H,10-12H2,1-3H3/t15-,16+/m0/s1. The largest absolute Gasteiger partial charge is 0.353 e. The van der Waals surface area contributed by atoms with Crippen molar-refractivity contribution in [3.63, 3.8) is 0 Å². The van der Waals surface area contributed by atoms with Gasteiger partial charge in [-0.05, 0) is 37.4 Å². The molecule has 0 unspecified atom stereocenters. The third-order valence-electron chi connectivity index (χ3n) is 5.27. The predicted molar refractivity (Wildman–Crippen MR) is 104 cm³/mol. The van der Waals surface area contributed by atoms with Crippen LogP contribution in [0.2, 0.25) is 0 Å². The Kier molecular flexibility index (Phi) is 4.54. The molecule has 2 aliphatic heterocycles. The van der Waals surface area contributed by atoms with Crippen molar-refractivity contribution in [2.24, 2.45) is 0 Å². The van der Waals surface area contributed by atoms with Crippen molar-refractivity contribution >= 4 is 27.2 Å². The van der Waals surface area contributed by atoms with Crippen molar-refractivity contribution in [3.8, 4) is 0 Å². The Labute approximate surface area is 159 Å². The smallest absolute Gasteiger partial charge is 0.247 e. The van der Waals surface area contributed by atoms with Crippen molar-refractivity contribution in [2.45, 2.75) is 43.4 Å². The van der Waals surface area contributed by atoms with E-state index in [-0.39, 0.29) is 18.1 Å². The zero-order valence-corrected chi connectivity index (χ0v) is 16.9. The lowest BCUT2D eigenvalue weighted by atomic mass is 10.1. The summed E-state index contributed by atoms with van der Waals surface area (Å²) < 4.78 is 28.5. The van der Waals surface area contributed by atoms with Crippen LogP contribution in [0.4, 0.5) is 5.82 Å². The van der Waals surface area contributed by atoms with Crippen LogP contribution in [0.1, 0.15) is 18.7 Å². The van der Waals surface area contributed by atoms with Gasteiger partial charge < -0.3 is 4.90 Å². The number of pyridine rings is 1. The molecule has 1 fully saturated rings. The summed E-state index contributed by atoms with van der Waals surface area (Å²) in [5.74, 6) is 0.559. The monoisotopic (exact) mass is 392 g/mol. The van der Waals surface area contributed by atoms with E-state index in [1.54, 1.807) is 34.0 Å². The molecular formula is C18H24N4O2S2. The van der Waals surface area contributed by atoms with Gasteiger partial charge in [0.2, 0.25) is 10.0 Å². The van der Waals surface area contributed by atoms with Crippen molar-refractivity contribution in [2.75, 3.05) is 25.0 Å². The Hall–Kier alpha value is -1.48. The third kappa shape index (κ3) is 2.85. The van der Waals surface area contributed by atoms with Crippen LogP contribution in [0, 0.1) is 0 Å². The lowest BCUT2D eigenvalue weighted by Gasteiger charge is -2.34. The molecule has 4 heterocycles. The highest BCUT2D eigenvalue weighted by molar-refractivity contribution is 7.89. The normalized spacial score (nSPS) is 25.9. The molecule has 2 atom stereocenters. The zero-order chi connectivity index (χ0) is 18.5. The van der Waals surface area contributed by atoms with Crippen LogP contribution in [0.3, 0.4) is 0 Å². The van der Waals surface area contributed by atoms with E-state index in [0.717, 1.165) is 19.6 Å². The highest BCUT2D eigenvalue weighted by Crippen LogP contribution is 2.37. The van der Waals surface area contributed by atoms with Crippen molar-refractivity contribution < 1.29 is 8.42 Å². The Morgan fingerprint density at radius 1 is 1.23 bits per heavy atom. The summed E-state index contributed by atoms with van der Waals surface area (Å²) in [7, 11) is -1.62. The number of hydrogen-bond acceptors (Lipinski definition) is 6.